The molecule has 1 saturated heterocycles. The summed E-state index contributed by atoms with van der Waals surface area (Å²) in [6.07, 6.45) is 2.76. The number of benzene rings is 1. The van der Waals surface area contributed by atoms with E-state index in [0.717, 1.165) is 18.6 Å². The number of carbonyl (C=O) groups is 1. The molecule has 1 aliphatic rings. The second-order valence-corrected chi connectivity index (χ2v) is 6.13. The predicted octanol–water partition coefficient (Wildman–Crippen LogP) is 1.59. The summed E-state index contributed by atoms with van der Waals surface area (Å²) in [4.78, 5) is 26.3. The van der Waals surface area contributed by atoms with E-state index in [2.05, 4.69) is 17.1 Å². The fourth-order valence-corrected chi connectivity index (χ4v) is 3.10. The Hall–Kier alpha value is -2.08. The third-order valence-corrected chi connectivity index (χ3v) is 4.49. The summed E-state index contributed by atoms with van der Waals surface area (Å²) in [7, 11) is 0. The molecule has 0 spiro atoms. The van der Waals surface area contributed by atoms with E-state index in [4.69, 9.17) is 4.42 Å². The summed E-state index contributed by atoms with van der Waals surface area (Å²) in [5.41, 5.74) is 1.29. The number of aryl methyl sites for hydroxylation is 1. The summed E-state index contributed by atoms with van der Waals surface area (Å²) < 4.78 is 6.68. The molecular formula is C17H23N3O3. The number of rotatable bonds is 6. The van der Waals surface area contributed by atoms with Crippen LogP contribution in [0.4, 0.5) is 0 Å². The molecule has 23 heavy (non-hydrogen) atoms. The van der Waals surface area contributed by atoms with E-state index >= 15 is 0 Å². The number of carbonyl (C=O) groups excluding carboxylic acids is 1. The average molecular weight is 317 g/mol. The molecular weight excluding hydrogens is 294 g/mol. The number of para-hydroxylation sites is 2. The number of aromatic nitrogens is 1. The van der Waals surface area contributed by atoms with Crippen LogP contribution in [0.1, 0.15) is 26.2 Å². The second kappa shape index (κ2) is 7.00. The molecule has 1 N–H and O–H groups in total. The van der Waals surface area contributed by atoms with Gasteiger partial charge in [-0.1, -0.05) is 12.1 Å². The highest BCUT2D eigenvalue weighted by Gasteiger charge is 2.18. The van der Waals surface area contributed by atoms with Crippen LogP contribution < -0.4 is 11.1 Å². The minimum Gasteiger partial charge on any atom is -0.408 e. The zero-order valence-corrected chi connectivity index (χ0v) is 13.5. The number of oxazole rings is 1. The van der Waals surface area contributed by atoms with Crippen molar-refractivity contribution >= 4 is 17.0 Å². The Bertz CT molecular complexity index is 728. The second-order valence-electron chi connectivity index (χ2n) is 6.13. The molecule has 1 aromatic heterocycles. The number of likely N-dealkylation sites (tertiary alicyclic amines) is 1. The number of nitrogens with one attached hydrogen (secondary N) is 1. The molecule has 6 nitrogen and oxygen atoms in total. The maximum Gasteiger partial charge on any atom is 0.419 e. The van der Waals surface area contributed by atoms with Gasteiger partial charge in [0, 0.05) is 25.6 Å². The van der Waals surface area contributed by atoms with Crippen molar-refractivity contribution in [3.05, 3.63) is 34.8 Å². The van der Waals surface area contributed by atoms with Crippen LogP contribution in [0, 0.1) is 0 Å². The van der Waals surface area contributed by atoms with Gasteiger partial charge in [0.15, 0.2) is 5.58 Å². The summed E-state index contributed by atoms with van der Waals surface area (Å²) in [6.45, 7) is 5.36. The van der Waals surface area contributed by atoms with Gasteiger partial charge in [-0.3, -0.25) is 14.3 Å². The van der Waals surface area contributed by atoms with Crippen LogP contribution in [0.2, 0.25) is 0 Å². The fraction of sp³-hybridized carbons (Fsp3) is 0.529. The van der Waals surface area contributed by atoms with Gasteiger partial charge < -0.3 is 9.73 Å². The summed E-state index contributed by atoms with van der Waals surface area (Å²) >= 11 is 0. The molecule has 0 saturated carbocycles. The average Bonchev–Trinajstić information content (AvgIpc) is 3.18. The van der Waals surface area contributed by atoms with E-state index in [1.165, 1.54) is 17.4 Å². The van der Waals surface area contributed by atoms with Gasteiger partial charge in [0.05, 0.1) is 5.52 Å². The van der Waals surface area contributed by atoms with Crippen LogP contribution >= 0.6 is 0 Å². The highest BCUT2D eigenvalue weighted by molar-refractivity contribution is 5.76. The molecule has 6 heteroatoms. The summed E-state index contributed by atoms with van der Waals surface area (Å²) in [5.74, 6) is -0.447. The van der Waals surface area contributed by atoms with Gasteiger partial charge in [-0.25, -0.2) is 4.79 Å². The van der Waals surface area contributed by atoms with Gasteiger partial charge in [0.2, 0.25) is 5.91 Å². The Morgan fingerprint density at radius 3 is 2.83 bits per heavy atom. The van der Waals surface area contributed by atoms with Crippen LogP contribution in [-0.2, 0) is 11.3 Å². The number of hydrogen-bond acceptors (Lipinski definition) is 4. The van der Waals surface area contributed by atoms with E-state index < -0.39 is 5.76 Å². The normalized spacial score (nSPS) is 16.7. The van der Waals surface area contributed by atoms with Crippen molar-refractivity contribution in [2.75, 3.05) is 19.6 Å². The molecule has 0 radical (unpaired) electrons. The van der Waals surface area contributed by atoms with Crippen molar-refractivity contribution in [1.82, 2.24) is 14.8 Å². The molecule has 1 atom stereocenters. The summed E-state index contributed by atoms with van der Waals surface area (Å²) in [5, 5.41) is 2.96. The van der Waals surface area contributed by atoms with E-state index in [-0.39, 0.29) is 12.3 Å². The van der Waals surface area contributed by atoms with Crippen molar-refractivity contribution in [3.8, 4) is 0 Å². The molecule has 2 heterocycles. The number of nitrogens with zero attached hydrogens (tertiary/aromatic N) is 2. The Labute approximate surface area is 135 Å². The largest absolute Gasteiger partial charge is 0.419 e. The Balaban J connectivity index is 1.52. The number of fused-ring (bicyclic) bond motifs is 1. The highest BCUT2D eigenvalue weighted by Crippen LogP contribution is 2.12. The highest BCUT2D eigenvalue weighted by atomic mass is 16.4. The van der Waals surface area contributed by atoms with E-state index in [1.54, 1.807) is 6.07 Å². The van der Waals surface area contributed by atoms with Crippen molar-refractivity contribution in [3.63, 3.8) is 0 Å². The maximum absolute atomic E-state index is 12.0. The van der Waals surface area contributed by atoms with Crippen LogP contribution in [0.15, 0.2) is 33.5 Å². The third-order valence-electron chi connectivity index (χ3n) is 4.49. The summed E-state index contributed by atoms with van der Waals surface area (Å²) in [6, 6.07) is 7.62. The van der Waals surface area contributed by atoms with Gasteiger partial charge >= 0.3 is 5.76 Å². The van der Waals surface area contributed by atoms with Crippen LogP contribution in [0.3, 0.4) is 0 Å². The Morgan fingerprint density at radius 1 is 1.30 bits per heavy atom. The lowest BCUT2D eigenvalue weighted by molar-refractivity contribution is -0.121. The molecule has 1 amide bonds. The zero-order chi connectivity index (χ0) is 16.2. The molecule has 1 aliphatic heterocycles. The quantitative estimate of drug-likeness (QED) is 0.878. The lowest BCUT2D eigenvalue weighted by Gasteiger charge is -2.23. The molecule has 1 aromatic carbocycles. The first kappa shape index (κ1) is 15.8. The lowest BCUT2D eigenvalue weighted by Crippen LogP contribution is -2.40. The van der Waals surface area contributed by atoms with Crippen LogP contribution in [0.5, 0.6) is 0 Å². The first-order valence-electron chi connectivity index (χ1n) is 8.24. The van der Waals surface area contributed by atoms with Gasteiger partial charge in [0.25, 0.3) is 0 Å². The van der Waals surface area contributed by atoms with Crippen molar-refractivity contribution < 1.29 is 9.21 Å². The zero-order valence-electron chi connectivity index (χ0n) is 13.5. The molecule has 3 rings (SSSR count). The minimum atomic E-state index is -0.413. The minimum absolute atomic E-state index is 0.0340. The maximum atomic E-state index is 12.0. The SMILES string of the molecule is C[C@H](CNC(=O)CCn1c(=O)oc2ccccc21)N1CCCC1. The first-order chi connectivity index (χ1) is 11.1. The van der Waals surface area contributed by atoms with Gasteiger partial charge in [-0.2, -0.15) is 0 Å². The Kier molecular flexibility index (Phi) is 4.81. The van der Waals surface area contributed by atoms with Crippen molar-refractivity contribution in [1.29, 1.82) is 0 Å². The molecule has 0 bridgehead atoms. The molecule has 2 aromatic rings. The third kappa shape index (κ3) is 3.64. The van der Waals surface area contributed by atoms with Crippen molar-refractivity contribution in [2.24, 2.45) is 0 Å². The monoisotopic (exact) mass is 317 g/mol. The predicted molar refractivity (Wildman–Crippen MR) is 88.4 cm³/mol. The van der Waals surface area contributed by atoms with E-state index in [1.807, 2.05) is 18.2 Å². The fourth-order valence-electron chi connectivity index (χ4n) is 3.10. The molecule has 0 unspecified atom stereocenters. The van der Waals surface area contributed by atoms with Gasteiger partial charge in [0.1, 0.15) is 0 Å². The molecule has 0 aliphatic carbocycles. The first-order valence-corrected chi connectivity index (χ1v) is 8.24. The van der Waals surface area contributed by atoms with E-state index in [9.17, 15) is 9.59 Å². The smallest absolute Gasteiger partial charge is 0.408 e. The molecule has 124 valence electrons. The van der Waals surface area contributed by atoms with Gasteiger partial charge in [-0.05, 0) is 45.0 Å². The Morgan fingerprint density at radius 2 is 2.04 bits per heavy atom. The lowest BCUT2D eigenvalue weighted by atomic mass is 10.3. The number of amides is 1. The van der Waals surface area contributed by atoms with Crippen LogP contribution in [-0.4, -0.2) is 41.1 Å². The van der Waals surface area contributed by atoms with Crippen LogP contribution in [0.25, 0.3) is 11.1 Å². The topological polar surface area (TPSA) is 67.5 Å². The molecule has 1 fully saturated rings. The van der Waals surface area contributed by atoms with Crippen molar-refractivity contribution in [2.45, 2.75) is 38.8 Å². The van der Waals surface area contributed by atoms with E-state index in [0.29, 0.717) is 24.7 Å². The standard InChI is InChI=1S/C17H23N3O3/c1-13(19-9-4-5-10-19)12-18-16(21)8-11-20-14-6-2-3-7-15(14)23-17(20)22/h2-3,6-7,13H,4-5,8-12H2,1H3,(H,18,21)/t13-/m1/s1. The van der Waals surface area contributed by atoms with Gasteiger partial charge in [-0.15, -0.1) is 0 Å². The number of hydrogen-bond donors (Lipinski definition) is 1.